The maximum atomic E-state index is 14.2. The number of aromatic amines is 1. The molecule has 0 atom stereocenters. The van der Waals surface area contributed by atoms with E-state index >= 15 is 0 Å². The van der Waals surface area contributed by atoms with Crippen LogP contribution in [0.3, 0.4) is 0 Å². The van der Waals surface area contributed by atoms with E-state index in [1.54, 1.807) is 18.2 Å². The van der Waals surface area contributed by atoms with Crippen LogP contribution in [-0.4, -0.2) is 19.4 Å². The quantitative estimate of drug-likeness (QED) is 0.887. The maximum Gasteiger partial charge on any atom is 0.243 e. The van der Waals surface area contributed by atoms with Gasteiger partial charge in [-0.05, 0) is 37.1 Å². The highest BCUT2D eigenvalue weighted by atomic mass is 32.2. The van der Waals surface area contributed by atoms with Gasteiger partial charge in [0.25, 0.3) is 0 Å². The molecule has 0 radical (unpaired) electrons. The van der Waals surface area contributed by atoms with Crippen LogP contribution in [0, 0.1) is 17.1 Å². The van der Waals surface area contributed by atoms with Gasteiger partial charge in [0.1, 0.15) is 10.7 Å². The van der Waals surface area contributed by atoms with Crippen molar-refractivity contribution in [2.75, 3.05) is 0 Å². The first kappa shape index (κ1) is 14.8. The van der Waals surface area contributed by atoms with E-state index in [1.807, 2.05) is 6.07 Å². The summed E-state index contributed by atoms with van der Waals surface area (Å²) in [6, 6.07) is 9.43. The number of sulfonamides is 1. The van der Waals surface area contributed by atoms with Gasteiger partial charge in [-0.15, -0.1) is 0 Å². The van der Waals surface area contributed by atoms with E-state index in [2.05, 4.69) is 9.71 Å². The van der Waals surface area contributed by atoms with E-state index in [-0.39, 0.29) is 17.4 Å². The Morgan fingerprint density at radius 2 is 2.09 bits per heavy atom. The Balaban J connectivity index is 1.89. The Kier molecular flexibility index (Phi) is 3.72. The number of benzene rings is 1. The van der Waals surface area contributed by atoms with Crippen LogP contribution in [0.1, 0.15) is 18.5 Å². The Hall–Kier alpha value is -2.17. The summed E-state index contributed by atoms with van der Waals surface area (Å²) in [5.74, 6) is -0.790. The SMILES string of the molecule is N#CCc1ccc(-c2ccc(S(=O)(=O)NC3CC3)c(F)c2)[nH]1. The van der Waals surface area contributed by atoms with Crippen LogP contribution in [0.15, 0.2) is 35.2 Å². The molecule has 22 heavy (non-hydrogen) atoms. The molecule has 1 aromatic heterocycles. The molecule has 1 fully saturated rings. The summed E-state index contributed by atoms with van der Waals surface area (Å²) in [4.78, 5) is 2.66. The lowest BCUT2D eigenvalue weighted by molar-refractivity contribution is 0.557. The summed E-state index contributed by atoms with van der Waals surface area (Å²) < 4.78 is 40.7. The minimum Gasteiger partial charge on any atom is -0.358 e. The molecular formula is C15H14FN3O2S. The Bertz CT molecular complexity index is 848. The lowest BCUT2D eigenvalue weighted by atomic mass is 10.1. The summed E-state index contributed by atoms with van der Waals surface area (Å²) in [7, 11) is -3.81. The minimum absolute atomic E-state index is 0.0685. The number of halogens is 1. The van der Waals surface area contributed by atoms with Gasteiger partial charge >= 0.3 is 0 Å². The summed E-state index contributed by atoms with van der Waals surface area (Å²) in [5.41, 5.74) is 1.90. The third-order valence-electron chi connectivity index (χ3n) is 3.45. The molecule has 5 nitrogen and oxygen atoms in total. The van der Waals surface area contributed by atoms with Gasteiger partial charge in [-0.2, -0.15) is 5.26 Å². The van der Waals surface area contributed by atoms with Crippen LogP contribution in [-0.2, 0) is 16.4 Å². The largest absolute Gasteiger partial charge is 0.358 e. The molecule has 2 aromatic rings. The van der Waals surface area contributed by atoms with Crippen molar-refractivity contribution in [1.82, 2.24) is 9.71 Å². The molecule has 1 aromatic carbocycles. The first-order chi connectivity index (χ1) is 10.5. The molecule has 0 unspecified atom stereocenters. The topological polar surface area (TPSA) is 85.8 Å². The van der Waals surface area contributed by atoms with Crippen LogP contribution in [0.2, 0.25) is 0 Å². The third kappa shape index (κ3) is 3.03. The van der Waals surface area contributed by atoms with E-state index in [1.165, 1.54) is 12.1 Å². The van der Waals surface area contributed by atoms with Crippen molar-refractivity contribution in [2.24, 2.45) is 0 Å². The maximum absolute atomic E-state index is 14.2. The number of hydrogen-bond donors (Lipinski definition) is 2. The van der Waals surface area contributed by atoms with Gasteiger partial charge in [0, 0.05) is 23.0 Å². The molecule has 0 bridgehead atoms. The van der Waals surface area contributed by atoms with E-state index in [9.17, 15) is 12.8 Å². The van der Waals surface area contributed by atoms with Crippen molar-refractivity contribution in [1.29, 1.82) is 5.26 Å². The number of nitriles is 1. The van der Waals surface area contributed by atoms with Gasteiger partial charge in [-0.3, -0.25) is 0 Å². The smallest absolute Gasteiger partial charge is 0.243 e. The van der Waals surface area contributed by atoms with Crippen LogP contribution in [0.4, 0.5) is 4.39 Å². The molecule has 1 aliphatic carbocycles. The molecule has 0 amide bonds. The lowest BCUT2D eigenvalue weighted by Gasteiger charge is -2.08. The number of hydrogen-bond acceptors (Lipinski definition) is 3. The van der Waals surface area contributed by atoms with E-state index in [0.717, 1.165) is 18.5 Å². The molecule has 0 saturated heterocycles. The molecule has 0 spiro atoms. The zero-order chi connectivity index (χ0) is 15.7. The van der Waals surface area contributed by atoms with Crippen molar-refractivity contribution in [3.05, 3.63) is 41.8 Å². The lowest BCUT2D eigenvalue weighted by Crippen LogP contribution is -2.26. The molecule has 2 N–H and O–H groups in total. The summed E-state index contributed by atoms with van der Waals surface area (Å²) in [6.45, 7) is 0. The monoisotopic (exact) mass is 319 g/mol. The molecule has 114 valence electrons. The standard InChI is InChI=1S/C15H14FN3O2S/c16-13-9-10(14-5-4-11(18-14)7-8-17)1-6-15(13)22(20,21)19-12-2-3-12/h1,4-6,9,12,18-19H,2-3,7H2. The van der Waals surface area contributed by atoms with Crippen LogP contribution >= 0.6 is 0 Å². The Morgan fingerprint density at radius 1 is 1.32 bits per heavy atom. The van der Waals surface area contributed by atoms with Crippen molar-refractivity contribution in [2.45, 2.75) is 30.2 Å². The van der Waals surface area contributed by atoms with Crippen molar-refractivity contribution in [3.63, 3.8) is 0 Å². The zero-order valence-electron chi connectivity index (χ0n) is 11.6. The van der Waals surface area contributed by atoms with Gasteiger partial charge in [-0.1, -0.05) is 6.07 Å². The fourth-order valence-electron chi connectivity index (χ4n) is 2.17. The predicted octanol–water partition coefficient (Wildman–Crippen LogP) is 2.33. The van der Waals surface area contributed by atoms with Gasteiger partial charge in [-0.25, -0.2) is 17.5 Å². The second-order valence-corrected chi connectivity index (χ2v) is 6.96. The molecule has 1 aliphatic rings. The first-order valence-electron chi connectivity index (χ1n) is 6.87. The molecule has 0 aliphatic heterocycles. The zero-order valence-corrected chi connectivity index (χ0v) is 12.5. The van der Waals surface area contributed by atoms with Crippen LogP contribution < -0.4 is 4.72 Å². The van der Waals surface area contributed by atoms with Gasteiger partial charge in [0.2, 0.25) is 10.0 Å². The Morgan fingerprint density at radius 3 is 2.73 bits per heavy atom. The second kappa shape index (κ2) is 5.55. The third-order valence-corrected chi connectivity index (χ3v) is 5.00. The minimum atomic E-state index is -3.81. The number of rotatable bonds is 5. The van der Waals surface area contributed by atoms with Gasteiger partial charge in [0.15, 0.2) is 0 Å². The van der Waals surface area contributed by atoms with Gasteiger partial charge in [0.05, 0.1) is 12.5 Å². The second-order valence-electron chi connectivity index (χ2n) is 5.27. The molecule has 3 rings (SSSR count). The van der Waals surface area contributed by atoms with Crippen molar-refractivity contribution in [3.8, 4) is 17.3 Å². The average molecular weight is 319 g/mol. The van der Waals surface area contributed by atoms with Crippen LogP contribution in [0.5, 0.6) is 0 Å². The highest BCUT2D eigenvalue weighted by Gasteiger charge is 2.29. The van der Waals surface area contributed by atoms with Crippen molar-refractivity contribution < 1.29 is 12.8 Å². The number of H-pyrrole nitrogens is 1. The van der Waals surface area contributed by atoms with Crippen LogP contribution in [0.25, 0.3) is 11.3 Å². The summed E-state index contributed by atoms with van der Waals surface area (Å²) in [5, 5.41) is 8.64. The number of nitrogens with one attached hydrogen (secondary N) is 2. The average Bonchev–Trinajstić information content (AvgIpc) is 3.13. The normalized spacial score (nSPS) is 14.7. The first-order valence-corrected chi connectivity index (χ1v) is 8.35. The van der Waals surface area contributed by atoms with E-state index in [0.29, 0.717) is 11.3 Å². The predicted molar refractivity (Wildman–Crippen MR) is 78.8 cm³/mol. The number of nitrogens with zero attached hydrogens (tertiary/aromatic N) is 1. The van der Waals surface area contributed by atoms with E-state index < -0.39 is 15.8 Å². The fraction of sp³-hybridized carbons (Fsp3) is 0.267. The number of aromatic nitrogens is 1. The summed E-state index contributed by atoms with van der Waals surface area (Å²) >= 11 is 0. The molecule has 1 heterocycles. The van der Waals surface area contributed by atoms with E-state index in [4.69, 9.17) is 5.26 Å². The Labute approximate surface area is 127 Å². The highest BCUT2D eigenvalue weighted by molar-refractivity contribution is 7.89. The molecule has 1 saturated carbocycles. The highest BCUT2D eigenvalue weighted by Crippen LogP contribution is 2.26. The van der Waals surface area contributed by atoms with Crippen molar-refractivity contribution >= 4 is 10.0 Å². The molecule has 7 heteroatoms. The molecular weight excluding hydrogens is 305 g/mol. The summed E-state index contributed by atoms with van der Waals surface area (Å²) in [6.07, 6.45) is 1.83. The van der Waals surface area contributed by atoms with Gasteiger partial charge < -0.3 is 4.98 Å². The fourth-order valence-corrected chi connectivity index (χ4v) is 3.53.